The molecular formula is C12H21NS. The molecule has 0 radical (unpaired) electrons. The van der Waals surface area contributed by atoms with Crippen LogP contribution in [0.25, 0.3) is 0 Å². The van der Waals surface area contributed by atoms with Gasteiger partial charge in [-0.1, -0.05) is 19.4 Å². The fourth-order valence-electron chi connectivity index (χ4n) is 1.48. The topological polar surface area (TPSA) is 12.0 Å². The quantitative estimate of drug-likeness (QED) is 0.649. The van der Waals surface area contributed by atoms with E-state index in [9.17, 15) is 0 Å². The Morgan fingerprint density at radius 2 is 2.14 bits per heavy atom. The number of thiophene rings is 1. The molecule has 0 aliphatic carbocycles. The molecule has 0 aliphatic rings. The highest BCUT2D eigenvalue weighted by molar-refractivity contribution is 7.09. The van der Waals surface area contributed by atoms with E-state index in [2.05, 4.69) is 29.8 Å². The van der Waals surface area contributed by atoms with E-state index in [0.717, 1.165) is 0 Å². The van der Waals surface area contributed by atoms with E-state index in [1.807, 2.05) is 11.3 Å². The first kappa shape index (κ1) is 11.7. The molecule has 0 bridgehead atoms. The molecule has 0 spiro atoms. The summed E-state index contributed by atoms with van der Waals surface area (Å²) in [5.74, 6) is 0. The average molecular weight is 211 g/mol. The lowest BCUT2D eigenvalue weighted by atomic mass is 10.2. The third kappa shape index (κ3) is 5.40. The summed E-state index contributed by atoms with van der Waals surface area (Å²) in [6, 6.07) is 4.38. The first-order chi connectivity index (χ1) is 6.93. The first-order valence-corrected chi connectivity index (χ1v) is 6.54. The molecule has 0 fully saturated rings. The van der Waals surface area contributed by atoms with Crippen molar-refractivity contribution in [2.75, 3.05) is 13.1 Å². The Hall–Kier alpha value is -0.340. The molecule has 80 valence electrons. The van der Waals surface area contributed by atoms with Gasteiger partial charge >= 0.3 is 0 Å². The molecule has 1 heterocycles. The normalized spacial score (nSPS) is 10.6. The Kier molecular flexibility index (Phi) is 6.71. The molecule has 0 aliphatic heterocycles. The van der Waals surface area contributed by atoms with Crippen LogP contribution >= 0.6 is 11.3 Å². The number of nitrogens with one attached hydrogen (secondary N) is 1. The van der Waals surface area contributed by atoms with Crippen molar-refractivity contribution in [3.05, 3.63) is 22.4 Å². The predicted molar refractivity (Wildman–Crippen MR) is 65.0 cm³/mol. The van der Waals surface area contributed by atoms with E-state index < -0.39 is 0 Å². The number of aryl methyl sites for hydroxylation is 1. The van der Waals surface area contributed by atoms with Crippen molar-refractivity contribution < 1.29 is 0 Å². The van der Waals surface area contributed by atoms with Crippen LogP contribution in [0.4, 0.5) is 0 Å². The van der Waals surface area contributed by atoms with Gasteiger partial charge in [-0.25, -0.2) is 0 Å². The molecule has 0 amide bonds. The Bertz CT molecular complexity index is 206. The number of unbranched alkanes of at least 4 members (excludes halogenated alkanes) is 2. The van der Waals surface area contributed by atoms with Gasteiger partial charge in [-0.2, -0.15) is 0 Å². The van der Waals surface area contributed by atoms with Crippen molar-refractivity contribution in [1.82, 2.24) is 5.32 Å². The Balaban J connectivity index is 1.85. The lowest BCUT2D eigenvalue weighted by Gasteiger charge is -2.02. The molecule has 0 saturated carbocycles. The smallest absolute Gasteiger partial charge is 0.00452 e. The lowest BCUT2D eigenvalue weighted by molar-refractivity contribution is 0.600. The van der Waals surface area contributed by atoms with Gasteiger partial charge in [0.2, 0.25) is 0 Å². The minimum Gasteiger partial charge on any atom is -0.317 e. The van der Waals surface area contributed by atoms with Gasteiger partial charge in [-0.15, -0.1) is 11.3 Å². The molecule has 1 aromatic rings. The maximum atomic E-state index is 3.43. The maximum Gasteiger partial charge on any atom is 0.00452 e. The molecule has 1 aromatic heterocycles. The van der Waals surface area contributed by atoms with Gasteiger partial charge in [-0.3, -0.25) is 0 Å². The zero-order valence-electron chi connectivity index (χ0n) is 9.09. The van der Waals surface area contributed by atoms with Gasteiger partial charge in [0, 0.05) is 4.88 Å². The summed E-state index contributed by atoms with van der Waals surface area (Å²) in [5.41, 5.74) is 0. The summed E-state index contributed by atoms with van der Waals surface area (Å²) < 4.78 is 0. The molecule has 0 aromatic carbocycles. The molecule has 0 saturated heterocycles. The van der Waals surface area contributed by atoms with Crippen LogP contribution in [0.5, 0.6) is 0 Å². The second-order valence-electron chi connectivity index (χ2n) is 3.64. The summed E-state index contributed by atoms with van der Waals surface area (Å²) >= 11 is 1.88. The van der Waals surface area contributed by atoms with Crippen molar-refractivity contribution in [2.24, 2.45) is 0 Å². The standard InChI is InChI=1S/C12H21NS/c1-2-9-13-10-5-3-4-7-12-8-6-11-14-12/h6,8,11,13H,2-5,7,9-10H2,1H3. The van der Waals surface area contributed by atoms with E-state index in [1.165, 1.54) is 50.1 Å². The fourth-order valence-corrected chi connectivity index (χ4v) is 2.23. The van der Waals surface area contributed by atoms with Crippen molar-refractivity contribution in [3.63, 3.8) is 0 Å². The first-order valence-electron chi connectivity index (χ1n) is 5.66. The molecule has 1 rings (SSSR count). The van der Waals surface area contributed by atoms with Crippen LogP contribution in [-0.4, -0.2) is 13.1 Å². The zero-order valence-corrected chi connectivity index (χ0v) is 9.91. The monoisotopic (exact) mass is 211 g/mol. The van der Waals surface area contributed by atoms with Crippen LogP contribution in [-0.2, 0) is 6.42 Å². The van der Waals surface area contributed by atoms with E-state index in [1.54, 1.807) is 0 Å². The average Bonchev–Trinajstić information content (AvgIpc) is 2.69. The second kappa shape index (κ2) is 8.01. The van der Waals surface area contributed by atoms with Gasteiger partial charge in [0.15, 0.2) is 0 Å². The van der Waals surface area contributed by atoms with E-state index in [-0.39, 0.29) is 0 Å². The van der Waals surface area contributed by atoms with Gasteiger partial charge in [0.25, 0.3) is 0 Å². The van der Waals surface area contributed by atoms with E-state index in [4.69, 9.17) is 0 Å². The van der Waals surface area contributed by atoms with Crippen molar-refractivity contribution in [3.8, 4) is 0 Å². The number of rotatable bonds is 8. The third-order valence-corrected chi connectivity index (χ3v) is 3.22. The van der Waals surface area contributed by atoms with Crippen molar-refractivity contribution >= 4 is 11.3 Å². The van der Waals surface area contributed by atoms with E-state index in [0.29, 0.717) is 0 Å². The summed E-state index contributed by atoms with van der Waals surface area (Å²) in [6.07, 6.45) is 6.54. The molecule has 1 nitrogen and oxygen atoms in total. The molecule has 1 N–H and O–H groups in total. The van der Waals surface area contributed by atoms with Crippen LogP contribution < -0.4 is 5.32 Å². The zero-order chi connectivity index (χ0) is 10.1. The summed E-state index contributed by atoms with van der Waals surface area (Å²) in [6.45, 7) is 4.58. The molecule has 0 atom stereocenters. The van der Waals surface area contributed by atoms with Crippen LogP contribution in [0, 0.1) is 0 Å². The maximum absolute atomic E-state index is 3.43. The van der Waals surface area contributed by atoms with Crippen LogP contribution in [0.2, 0.25) is 0 Å². The van der Waals surface area contributed by atoms with Crippen LogP contribution in [0.1, 0.15) is 37.5 Å². The summed E-state index contributed by atoms with van der Waals surface area (Å²) in [7, 11) is 0. The second-order valence-corrected chi connectivity index (χ2v) is 4.67. The van der Waals surface area contributed by atoms with Gasteiger partial charge < -0.3 is 5.32 Å². The molecular weight excluding hydrogens is 190 g/mol. The highest BCUT2D eigenvalue weighted by atomic mass is 32.1. The fraction of sp³-hybridized carbons (Fsp3) is 0.667. The number of hydrogen-bond donors (Lipinski definition) is 1. The van der Waals surface area contributed by atoms with Gasteiger partial charge in [0.1, 0.15) is 0 Å². The highest BCUT2D eigenvalue weighted by Gasteiger charge is 1.93. The third-order valence-electron chi connectivity index (χ3n) is 2.28. The van der Waals surface area contributed by atoms with Gasteiger partial charge in [-0.05, 0) is 50.2 Å². The SMILES string of the molecule is CCCNCCCCCc1cccs1. The molecule has 2 heteroatoms. The van der Waals surface area contributed by atoms with Crippen molar-refractivity contribution in [2.45, 2.75) is 39.0 Å². The van der Waals surface area contributed by atoms with Crippen LogP contribution in [0.15, 0.2) is 17.5 Å². The Morgan fingerprint density at radius 3 is 2.86 bits per heavy atom. The Labute approximate surface area is 91.5 Å². The van der Waals surface area contributed by atoms with Crippen LogP contribution in [0.3, 0.4) is 0 Å². The summed E-state index contributed by atoms with van der Waals surface area (Å²) in [5, 5.41) is 5.60. The van der Waals surface area contributed by atoms with Crippen molar-refractivity contribution in [1.29, 1.82) is 0 Å². The summed E-state index contributed by atoms with van der Waals surface area (Å²) in [4.78, 5) is 1.53. The highest BCUT2D eigenvalue weighted by Crippen LogP contribution is 2.12. The number of hydrogen-bond acceptors (Lipinski definition) is 2. The van der Waals surface area contributed by atoms with E-state index >= 15 is 0 Å². The van der Waals surface area contributed by atoms with Gasteiger partial charge in [0.05, 0.1) is 0 Å². The molecule has 14 heavy (non-hydrogen) atoms. The molecule has 0 unspecified atom stereocenters. The minimum absolute atomic E-state index is 1.17. The Morgan fingerprint density at radius 1 is 1.21 bits per heavy atom. The predicted octanol–water partition coefficient (Wildman–Crippen LogP) is 3.46. The lowest BCUT2D eigenvalue weighted by Crippen LogP contribution is -2.15. The minimum atomic E-state index is 1.17. The largest absolute Gasteiger partial charge is 0.317 e.